The predicted octanol–water partition coefficient (Wildman–Crippen LogP) is 4.73. The third-order valence-electron chi connectivity index (χ3n) is 6.14. The summed E-state index contributed by atoms with van der Waals surface area (Å²) in [6.45, 7) is 6.62. The first-order valence-corrected chi connectivity index (χ1v) is 10.5. The number of benzene rings is 2. The molecule has 0 aromatic heterocycles. The summed E-state index contributed by atoms with van der Waals surface area (Å²) in [6.07, 6.45) is 2.53. The van der Waals surface area contributed by atoms with Crippen molar-refractivity contribution in [3.05, 3.63) is 64.2 Å². The van der Waals surface area contributed by atoms with Crippen molar-refractivity contribution >= 4 is 46.9 Å². The quantitative estimate of drug-likeness (QED) is 0.544. The van der Waals surface area contributed by atoms with Crippen molar-refractivity contribution in [2.24, 2.45) is 0 Å². The van der Waals surface area contributed by atoms with E-state index in [-0.39, 0.29) is 11.1 Å². The van der Waals surface area contributed by atoms with Gasteiger partial charge in [-0.2, -0.15) is 0 Å². The minimum Gasteiger partial charge on any atom is -0.369 e. The number of fused-ring (bicyclic) bond motifs is 1. The minimum absolute atomic E-state index is 0.0451. The fourth-order valence-electron chi connectivity index (χ4n) is 4.36. The predicted molar refractivity (Wildman–Crippen MR) is 122 cm³/mol. The molecule has 160 valence electrons. The molecule has 0 radical (unpaired) electrons. The molecule has 1 N–H and O–H groups in total. The van der Waals surface area contributed by atoms with Crippen LogP contribution in [0.15, 0.2) is 48.0 Å². The molecule has 4 amide bonds. The van der Waals surface area contributed by atoms with Gasteiger partial charge in [-0.25, -0.2) is 9.69 Å². The third kappa shape index (κ3) is 3.72. The Kier molecular flexibility index (Phi) is 5.13. The number of nitrogens with zero attached hydrogens (tertiary/aromatic N) is 2. The van der Waals surface area contributed by atoms with Gasteiger partial charge in [0.1, 0.15) is 5.57 Å². The molecular formula is C24H24ClN3O3. The summed E-state index contributed by atoms with van der Waals surface area (Å²) in [5.41, 5.74) is 3.29. The highest BCUT2D eigenvalue weighted by molar-refractivity contribution is 6.39. The number of carbonyl (C=O) groups excluding carboxylic acids is 3. The fourth-order valence-corrected chi connectivity index (χ4v) is 4.54. The van der Waals surface area contributed by atoms with E-state index < -0.39 is 17.8 Å². The number of urea groups is 1. The molecule has 0 aliphatic carbocycles. The van der Waals surface area contributed by atoms with Crippen molar-refractivity contribution in [3.8, 4) is 0 Å². The van der Waals surface area contributed by atoms with Crippen molar-refractivity contribution < 1.29 is 14.4 Å². The summed E-state index contributed by atoms with van der Waals surface area (Å²) in [7, 11) is 2.08. The molecule has 1 unspecified atom stereocenters. The number of hydrogen-bond donors (Lipinski definition) is 1. The molecule has 1 atom stereocenters. The maximum Gasteiger partial charge on any atom is 0.335 e. The molecule has 1 fully saturated rings. The number of carbonyl (C=O) groups is 3. The molecule has 0 bridgehead atoms. The molecule has 2 heterocycles. The summed E-state index contributed by atoms with van der Waals surface area (Å²) >= 11 is 6.01. The lowest BCUT2D eigenvalue weighted by Crippen LogP contribution is -2.54. The average Bonchev–Trinajstić information content (AvgIpc) is 2.69. The first kappa shape index (κ1) is 21.1. The Morgan fingerprint density at radius 3 is 2.58 bits per heavy atom. The number of nitrogens with one attached hydrogen (secondary N) is 1. The van der Waals surface area contributed by atoms with E-state index in [1.165, 1.54) is 17.7 Å². The van der Waals surface area contributed by atoms with Crippen LogP contribution in [0.4, 0.5) is 16.2 Å². The standard InChI is InChI=1S/C24H24ClN3O3/c1-14-13-24(2,3)27(4)20-9-8-15(10-18(14)20)11-19-21(29)26-23(31)28(22(19)30)17-7-5-6-16(25)12-17/h5-12,14H,13H2,1-4H3,(H,26,29,31)/b19-11+. The van der Waals surface area contributed by atoms with E-state index in [2.05, 4.69) is 38.0 Å². The second-order valence-corrected chi connectivity index (χ2v) is 9.17. The van der Waals surface area contributed by atoms with Gasteiger partial charge < -0.3 is 4.90 Å². The average molecular weight is 438 g/mol. The van der Waals surface area contributed by atoms with Crippen LogP contribution in [0, 0.1) is 0 Å². The van der Waals surface area contributed by atoms with Crippen LogP contribution in [0.3, 0.4) is 0 Å². The monoisotopic (exact) mass is 437 g/mol. The maximum atomic E-state index is 13.1. The van der Waals surface area contributed by atoms with Gasteiger partial charge >= 0.3 is 6.03 Å². The number of halogens is 1. The van der Waals surface area contributed by atoms with Gasteiger partial charge in [0.25, 0.3) is 11.8 Å². The SMILES string of the molecule is CC1CC(C)(C)N(C)c2ccc(/C=C3\C(=O)NC(=O)N(c4cccc(Cl)c4)C3=O)cc21. The molecule has 2 aromatic rings. The van der Waals surface area contributed by atoms with Crippen LogP contribution >= 0.6 is 11.6 Å². The van der Waals surface area contributed by atoms with Gasteiger partial charge in [0, 0.05) is 23.3 Å². The highest BCUT2D eigenvalue weighted by Crippen LogP contribution is 2.42. The largest absolute Gasteiger partial charge is 0.369 e. The lowest BCUT2D eigenvalue weighted by atomic mass is 9.80. The van der Waals surface area contributed by atoms with Gasteiger partial charge in [-0.15, -0.1) is 0 Å². The van der Waals surface area contributed by atoms with E-state index >= 15 is 0 Å². The lowest BCUT2D eigenvalue weighted by Gasteiger charge is -2.45. The van der Waals surface area contributed by atoms with Crippen LogP contribution in [-0.2, 0) is 9.59 Å². The molecule has 4 rings (SSSR count). The molecule has 2 aliphatic rings. The molecule has 2 aromatic carbocycles. The summed E-state index contributed by atoms with van der Waals surface area (Å²) in [6, 6.07) is 11.5. The highest BCUT2D eigenvalue weighted by Gasteiger charge is 2.37. The summed E-state index contributed by atoms with van der Waals surface area (Å²) < 4.78 is 0. The first-order chi connectivity index (χ1) is 14.6. The summed E-state index contributed by atoms with van der Waals surface area (Å²) in [5, 5.41) is 2.63. The van der Waals surface area contributed by atoms with Gasteiger partial charge in [-0.3, -0.25) is 14.9 Å². The Morgan fingerprint density at radius 2 is 1.87 bits per heavy atom. The zero-order valence-electron chi connectivity index (χ0n) is 17.9. The highest BCUT2D eigenvalue weighted by atomic mass is 35.5. The number of rotatable bonds is 2. The third-order valence-corrected chi connectivity index (χ3v) is 6.37. The normalized spacial score (nSPS) is 21.9. The van der Waals surface area contributed by atoms with Gasteiger partial charge in [0.2, 0.25) is 0 Å². The van der Waals surface area contributed by atoms with E-state index in [0.29, 0.717) is 16.6 Å². The molecule has 0 saturated carbocycles. The van der Waals surface area contributed by atoms with Crippen LogP contribution < -0.4 is 15.1 Å². The zero-order chi connectivity index (χ0) is 22.5. The van der Waals surface area contributed by atoms with Gasteiger partial charge in [-0.05, 0) is 73.7 Å². The fraction of sp³-hybridized carbons (Fsp3) is 0.292. The van der Waals surface area contributed by atoms with Gasteiger partial charge in [0.05, 0.1) is 5.69 Å². The van der Waals surface area contributed by atoms with Crippen LogP contribution in [0.2, 0.25) is 5.02 Å². The molecular weight excluding hydrogens is 414 g/mol. The Hall–Kier alpha value is -3.12. The number of imide groups is 2. The van der Waals surface area contributed by atoms with Crippen molar-refractivity contribution in [1.82, 2.24) is 5.32 Å². The lowest BCUT2D eigenvalue weighted by molar-refractivity contribution is -0.122. The van der Waals surface area contributed by atoms with E-state index in [9.17, 15) is 14.4 Å². The molecule has 2 aliphatic heterocycles. The zero-order valence-corrected chi connectivity index (χ0v) is 18.7. The molecule has 31 heavy (non-hydrogen) atoms. The summed E-state index contributed by atoms with van der Waals surface area (Å²) in [4.78, 5) is 41.1. The van der Waals surface area contributed by atoms with Crippen LogP contribution in [-0.4, -0.2) is 30.4 Å². The van der Waals surface area contributed by atoms with Crippen LogP contribution in [0.5, 0.6) is 0 Å². The van der Waals surface area contributed by atoms with Gasteiger partial charge in [-0.1, -0.05) is 30.7 Å². The van der Waals surface area contributed by atoms with Crippen molar-refractivity contribution in [1.29, 1.82) is 0 Å². The van der Waals surface area contributed by atoms with Crippen molar-refractivity contribution in [2.45, 2.75) is 38.6 Å². The Bertz CT molecular complexity index is 1140. The Labute approximate surface area is 186 Å². The number of amides is 4. The van der Waals surface area contributed by atoms with Crippen LogP contribution in [0.25, 0.3) is 6.08 Å². The topological polar surface area (TPSA) is 69.7 Å². The Balaban J connectivity index is 1.73. The maximum absolute atomic E-state index is 13.1. The second-order valence-electron chi connectivity index (χ2n) is 8.73. The summed E-state index contributed by atoms with van der Waals surface area (Å²) in [5.74, 6) is -1.06. The number of anilines is 2. The van der Waals surface area contributed by atoms with Crippen molar-refractivity contribution in [3.63, 3.8) is 0 Å². The second kappa shape index (κ2) is 7.54. The van der Waals surface area contributed by atoms with E-state index in [1.807, 2.05) is 18.2 Å². The molecule has 0 spiro atoms. The van der Waals surface area contributed by atoms with E-state index in [1.54, 1.807) is 18.2 Å². The van der Waals surface area contributed by atoms with Crippen molar-refractivity contribution in [2.75, 3.05) is 16.8 Å². The number of hydrogen-bond acceptors (Lipinski definition) is 4. The van der Waals surface area contributed by atoms with Crippen LogP contribution in [0.1, 0.15) is 44.2 Å². The first-order valence-electron chi connectivity index (χ1n) is 10.1. The van der Waals surface area contributed by atoms with E-state index in [0.717, 1.165) is 22.6 Å². The molecule has 7 heteroatoms. The molecule has 6 nitrogen and oxygen atoms in total. The Morgan fingerprint density at radius 1 is 1.13 bits per heavy atom. The molecule has 1 saturated heterocycles. The van der Waals surface area contributed by atoms with E-state index in [4.69, 9.17) is 11.6 Å². The number of barbiturate groups is 1. The minimum atomic E-state index is -0.794. The smallest absolute Gasteiger partial charge is 0.335 e. The van der Waals surface area contributed by atoms with Gasteiger partial charge in [0.15, 0.2) is 0 Å².